The van der Waals surface area contributed by atoms with E-state index >= 15 is 0 Å². The minimum absolute atomic E-state index is 0.100. The van der Waals surface area contributed by atoms with Gasteiger partial charge in [0.25, 0.3) is 0 Å². The zero-order valence-electron chi connectivity index (χ0n) is 12.0. The monoisotopic (exact) mass is 359 g/mol. The highest BCUT2D eigenvalue weighted by molar-refractivity contribution is 7.89. The molecule has 0 saturated carbocycles. The van der Waals surface area contributed by atoms with Gasteiger partial charge in [-0.05, 0) is 23.8 Å². The summed E-state index contributed by atoms with van der Waals surface area (Å²) in [6.45, 7) is 0. The Bertz CT molecular complexity index is 896. The number of halogens is 3. The van der Waals surface area contributed by atoms with Crippen molar-refractivity contribution in [1.29, 1.82) is 0 Å². The average molecular weight is 359 g/mol. The highest BCUT2D eigenvalue weighted by Crippen LogP contribution is 2.31. The fourth-order valence-electron chi connectivity index (χ4n) is 2.07. The molecule has 10 heteroatoms. The number of carbonyl (C=O) groups is 1. The van der Waals surface area contributed by atoms with Crippen molar-refractivity contribution >= 4 is 15.9 Å². The van der Waals surface area contributed by atoms with Crippen molar-refractivity contribution in [3.05, 3.63) is 47.7 Å². The van der Waals surface area contributed by atoms with Gasteiger partial charge in [0.05, 0.1) is 17.0 Å². The summed E-state index contributed by atoms with van der Waals surface area (Å²) in [5.74, 6) is -0.694. The fourth-order valence-corrected chi connectivity index (χ4v) is 2.86. The van der Waals surface area contributed by atoms with Crippen molar-refractivity contribution in [2.24, 2.45) is 10.9 Å². The maximum Gasteiger partial charge on any atom is 0.433 e. The molecule has 1 aromatic carbocycles. The number of carbonyl (C=O) groups excluding carboxylic acids is 1. The van der Waals surface area contributed by atoms with Gasteiger partial charge in [-0.3, -0.25) is 4.79 Å². The van der Waals surface area contributed by atoms with Crippen LogP contribution < -0.4 is 10.9 Å². The second-order valence-corrected chi connectivity index (χ2v) is 6.45. The van der Waals surface area contributed by atoms with E-state index in [0.29, 0.717) is 0 Å². The summed E-state index contributed by atoms with van der Waals surface area (Å²) in [6, 6.07) is 6.80. The minimum atomic E-state index is -4.68. The highest BCUT2D eigenvalue weighted by Gasteiger charge is 2.32. The van der Waals surface area contributed by atoms with Crippen LogP contribution in [0.5, 0.6) is 0 Å². The van der Waals surface area contributed by atoms with Crippen LogP contribution in [-0.2, 0) is 27.4 Å². The Labute approximate surface area is 135 Å². The van der Waals surface area contributed by atoms with Crippen molar-refractivity contribution in [1.82, 2.24) is 4.98 Å². The molecule has 2 rings (SSSR count). The molecule has 0 atom stereocenters. The number of hydrogen-bond donors (Lipinski definition) is 2. The zero-order chi connectivity index (χ0) is 18.1. The smallest absolute Gasteiger partial charge is 0.369 e. The molecule has 0 bridgehead atoms. The number of benzene rings is 1. The zero-order valence-corrected chi connectivity index (χ0v) is 12.9. The van der Waals surface area contributed by atoms with Gasteiger partial charge in [-0.1, -0.05) is 18.2 Å². The molecule has 128 valence electrons. The molecule has 0 unspecified atom stereocenters. The lowest BCUT2D eigenvalue weighted by molar-refractivity contribution is -0.141. The van der Waals surface area contributed by atoms with E-state index in [1.54, 1.807) is 0 Å². The van der Waals surface area contributed by atoms with Gasteiger partial charge in [-0.25, -0.2) is 18.5 Å². The minimum Gasteiger partial charge on any atom is -0.369 e. The van der Waals surface area contributed by atoms with Gasteiger partial charge < -0.3 is 5.73 Å². The van der Waals surface area contributed by atoms with Gasteiger partial charge in [0, 0.05) is 5.56 Å². The first kappa shape index (κ1) is 17.9. The number of sulfonamides is 1. The lowest BCUT2D eigenvalue weighted by Crippen LogP contribution is -2.17. The Morgan fingerprint density at radius 3 is 2.38 bits per heavy atom. The van der Waals surface area contributed by atoms with Gasteiger partial charge in [-0.15, -0.1) is 0 Å². The van der Waals surface area contributed by atoms with E-state index in [9.17, 15) is 26.4 Å². The quantitative estimate of drug-likeness (QED) is 0.859. The molecule has 0 aliphatic carbocycles. The number of rotatable bonds is 4. The first-order chi connectivity index (χ1) is 11.0. The molecule has 0 saturated heterocycles. The first-order valence-electron chi connectivity index (χ1n) is 6.47. The Balaban J connectivity index is 2.64. The van der Waals surface area contributed by atoms with E-state index in [-0.39, 0.29) is 23.2 Å². The van der Waals surface area contributed by atoms with Crippen LogP contribution in [0.1, 0.15) is 11.3 Å². The number of nitrogens with two attached hydrogens (primary N) is 2. The van der Waals surface area contributed by atoms with Gasteiger partial charge in [0.2, 0.25) is 15.9 Å². The van der Waals surface area contributed by atoms with Crippen molar-refractivity contribution in [3.63, 3.8) is 0 Å². The molecule has 0 radical (unpaired) electrons. The van der Waals surface area contributed by atoms with Crippen LogP contribution in [0.2, 0.25) is 0 Å². The van der Waals surface area contributed by atoms with Gasteiger partial charge in [-0.2, -0.15) is 13.2 Å². The maximum atomic E-state index is 12.8. The molecule has 2 aromatic rings. The third-order valence-electron chi connectivity index (χ3n) is 3.05. The van der Waals surface area contributed by atoms with Gasteiger partial charge >= 0.3 is 6.18 Å². The average Bonchev–Trinajstić information content (AvgIpc) is 2.45. The third-order valence-corrected chi connectivity index (χ3v) is 4.00. The number of pyridine rings is 1. The van der Waals surface area contributed by atoms with E-state index in [1.165, 1.54) is 18.2 Å². The van der Waals surface area contributed by atoms with Crippen molar-refractivity contribution in [3.8, 4) is 11.3 Å². The van der Waals surface area contributed by atoms with E-state index in [4.69, 9.17) is 10.9 Å². The molecule has 1 amide bonds. The molecule has 1 aromatic heterocycles. The molecule has 0 fully saturated rings. The number of primary sulfonamides is 1. The lowest BCUT2D eigenvalue weighted by Gasteiger charge is -2.11. The molecular weight excluding hydrogens is 347 g/mol. The molecule has 1 heterocycles. The topological polar surface area (TPSA) is 116 Å². The molecule has 24 heavy (non-hydrogen) atoms. The number of hydrogen-bond acceptors (Lipinski definition) is 4. The third kappa shape index (κ3) is 4.09. The van der Waals surface area contributed by atoms with E-state index < -0.39 is 32.7 Å². The summed E-state index contributed by atoms with van der Waals surface area (Å²) in [7, 11) is -4.26. The summed E-state index contributed by atoms with van der Waals surface area (Å²) in [5.41, 5.74) is 3.84. The van der Waals surface area contributed by atoms with Crippen LogP contribution in [-0.4, -0.2) is 19.3 Å². The summed E-state index contributed by atoms with van der Waals surface area (Å²) in [4.78, 5) is 13.9. The van der Waals surface area contributed by atoms with Gasteiger partial charge in [0.15, 0.2) is 0 Å². The van der Waals surface area contributed by atoms with Crippen LogP contribution in [0, 0.1) is 0 Å². The van der Waals surface area contributed by atoms with Crippen molar-refractivity contribution in [2.75, 3.05) is 0 Å². The number of primary amides is 1. The molecule has 0 aliphatic rings. The SMILES string of the molecule is NC(=O)Cc1ccc(-c2cccc(C(F)(F)F)n2)c(S(N)(=O)=O)c1. The highest BCUT2D eigenvalue weighted by atomic mass is 32.2. The predicted molar refractivity (Wildman–Crippen MR) is 78.9 cm³/mol. The van der Waals surface area contributed by atoms with Crippen LogP contribution in [0.25, 0.3) is 11.3 Å². The number of nitrogens with zero attached hydrogens (tertiary/aromatic N) is 1. The second kappa shape index (κ2) is 6.21. The maximum absolute atomic E-state index is 12.8. The lowest BCUT2D eigenvalue weighted by atomic mass is 10.1. The summed E-state index contributed by atoms with van der Waals surface area (Å²) >= 11 is 0. The largest absolute Gasteiger partial charge is 0.433 e. The van der Waals surface area contributed by atoms with Crippen molar-refractivity contribution < 1.29 is 26.4 Å². The van der Waals surface area contributed by atoms with E-state index in [2.05, 4.69) is 4.98 Å². The first-order valence-corrected chi connectivity index (χ1v) is 8.02. The number of aromatic nitrogens is 1. The molecule has 0 spiro atoms. The van der Waals surface area contributed by atoms with Crippen LogP contribution in [0.3, 0.4) is 0 Å². The standard InChI is InChI=1S/C14H12F3N3O3S/c15-14(16,17)12-3-1-2-10(20-12)9-5-4-8(7-13(18)21)6-11(9)24(19,22)23/h1-6H,7H2,(H2,18,21)(H2,19,22,23). The van der Waals surface area contributed by atoms with E-state index in [1.807, 2.05) is 0 Å². The molecular formula is C14H12F3N3O3S. The van der Waals surface area contributed by atoms with Crippen LogP contribution >= 0.6 is 0 Å². The van der Waals surface area contributed by atoms with E-state index in [0.717, 1.165) is 18.2 Å². The Morgan fingerprint density at radius 2 is 1.83 bits per heavy atom. The fraction of sp³-hybridized carbons (Fsp3) is 0.143. The normalized spacial score (nSPS) is 12.2. The predicted octanol–water partition coefficient (Wildman–Crippen LogP) is 1.44. The Morgan fingerprint density at radius 1 is 1.17 bits per heavy atom. The number of alkyl halides is 3. The van der Waals surface area contributed by atoms with Crippen molar-refractivity contribution in [2.45, 2.75) is 17.5 Å². The van der Waals surface area contributed by atoms with Crippen LogP contribution in [0.15, 0.2) is 41.3 Å². The summed E-state index contributed by atoms with van der Waals surface area (Å²) in [5, 5.41) is 5.12. The number of amides is 1. The Kier molecular flexibility index (Phi) is 4.63. The summed E-state index contributed by atoms with van der Waals surface area (Å²) in [6.07, 6.45) is -4.91. The molecule has 0 aliphatic heterocycles. The van der Waals surface area contributed by atoms with Crippen LogP contribution in [0.4, 0.5) is 13.2 Å². The molecule has 6 nitrogen and oxygen atoms in total. The second-order valence-electron chi connectivity index (χ2n) is 4.92. The Hall–Kier alpha value is -2.46. The summed E-state index contributed by atoms with van der Waals surface area (Å²) < 4.78 is 61.8. The molecule has 4 N–H and O–H groups in total. The van der Waals surface area contributed by atoms with Gasteiger partial charge in [0.1, 0.15) is 5.69 Å².